The summed E-state index contributed by atoms with van der Waals surface area (Å²) in [6, 6.07) is 8.24. The maximum Gasteiger partial charge on any atom is 0.122 e. The monoisotopic (exact) mass is 207 g/mol. The number of rotatable bonds is 7. The highest BCUT2D eigenvalue weighted by atomic mass is 16.5. The van der Waals surface area contributed by atoms with E-state index in [-0.39, 0.29) is 0 Å². The molecule has 0 bridgehead atoms. The molecular formula is C13H21NO. The standard InChI is InChI=1S/C13H21NO/c1-3-9-14-10-11-15-13-8-6-5-7-12(13)4-2/h5-8,14H,3-4,9-11H2,1-2H3. The van der Waals surface area contributed by atoms with Crippen LogP contribution in [0.4, 0.5) is 0 Å². The highest BCUT2D eigenvalue weighted by Crippen LogP contribution is 2.17. The molecule has 2 nitrogen and oxygen atoms in total. The van der Waals surface area contributed by atoms with Crippen molar-refractivity contribution in [2.75, 3.05) is 19.7 Å². The second kappa shape index (κ2) is 7.30. The van der Waals surface area contributed by atoms with Crippen LogP contribution in [0, 0.1) is 0 Å². The Balaban J connectivity index is 2.30. The summed E-state index contributed by atoms with van der Waals surface area (Å²) in [6.45, 7) is 7.06. The summed E-state index contributed by atoms with van der Waals surface area (Å²) in [7, 11) is 0. The topological polar surface area (TPSA) is 21.3 Å². The minimum absolute atomic E-state index is 0.747. The predicted molar refractivity (Wildman–Crippen MR) is 64.5 cm³/mol. The van der Waals surface area contributed by atoms with Crippen molar-refractivity contribution >= 4 is 0 Å². The lowest BCUT2D eigenvalue weighted by Crippen LogP contribution is -2.21. The lowest BCUT2D eigenvalue weighted by molar-refractivity contribution is 0.311. The minimum Gasteiger partial charge on any atom is -0.492 e. The lowest BCUT2D eigenvalue weighted by Gasteiger charge is -2.10. The molecular weight excluding hydrogens is 186 g/mol. The third kappa shape index (κ3) is 4.34. The SMILES string of the molecule is CCCNCCOc1ccccc1CC. The second-order valence-corrected chi connectivity index (χ2v) is 3.56. The van der Waals surface area contributed by atoms with Crippen molar-refractivity contribution in [3.05, 3.63) is 29.8 Å². The quantitative estimate of drug-likeness (QED) is 0.694. The Hall–Kier alpha value is -1.02. The molecule has 0 saturated carbocycles. The van der Waals surface area contributed by atoms with Crippen LogP contribution in [-0.4, -0.2) is 19.7 Å². The average molecular weight is 207 g/mol. The summed E-state index contributed by atoms with van der Waals surface area (Å²) in [5.74, 6) is 1.03. The molecule has 0 unspecified atom stereocenters. The largest absolute Gasteiger partial charge is 0.492 e. The van der Waals surface area contributed by atoms with Crippen molar-refractivity contribution < 1.29 is 4.74 Å². The zero-order chi connectivity index (χ0) is 10.9. The first kappa shape index (κ1) is 12.1. The van der Waals surface area contributed by atoms with E-state index in [4.69, 9.17) is 4.74 Å². The molecule has 0 heterocycles. The first-order chi connectivity index (χ1) is 7.38. The van der Waals surface area contributed by atoms with Crippen molar-refractivity contribution in [2.45, 2.75) is 26.7 Å². The molecule has 84 valence electrons. The van der Waals surface area contributed by atoms with Crippen molar-refractivity contribution in [3.63, 3.8) is 0 Å². The predicted octanol–water partition coefficient (Wildman–Crippen LogP) is 2.63. The van der Waals surface area contributed by atoms with E-state index >= 15 is 0 Å². The van der Waals surface area contributed by atoms with Gasteiger partial charge in [-0.1, -0.05) is 32.0 Å². The van der Waals surface area contributed by atoms with Crippen LogP contribution in [0.5, 0.6) is 5.75 Å². The first-order valence-corrected chi connectivity index (χ1v) is 5.80. The van der Waals surface area contributed by atoms with Gasteiger partial charge in [0.2, 0.25) is 0 Å². The molecule has 0 amide bonds. The van der Waals surface area contributed by atoms with Gasteiger partial charge in [0.1, 0.15) is 12.4 Å². The van der Waals surface area contributed by atoms with E-state index < -0.39 is 0 Å². The summed E-state index contributed by atoms with van der Waals surface area (Å²) in [5.41, 5.74) is 1.29. The molecule has 0 aliphatic heterocycles. The molecule has 1 aromatic carbocycles. The molecule has 0 fully saturated rings. The minimum atomic E-state index is 0.747. The Kier molecular flexibility index (Phi) is 5.86. The summed E-state index contributed by atoms with van der Waals surface area (Å²) in [5, 5.41) is 3.32. The normalized spacial score (nSPS) is 10.3. The molecule has 0 radical (unpaired) electrons. The molecule has 1 N–H and O–H groups in total. The zero-order valence-corrected chi connectivity index (χ0v) is 9.75. The number of hydrogen-bond acceptors (Lipinski definition) is 2. The van der Waals surface area contributed by atoms with Gasteiger partial charge in [0, 0.05) is 6.54 Å². The molecule has 0 aromatic heterocycles. The molecule has 0 spiro atoms. The van der Waals surface area contributed by atoms with Crippen LogP contribution in [0.15, 0.2) is 24.3 Å². The highest BCUT2D eigenvalue weighted by Gasteiger charge is 1.99. The number of nitrogens with one attached hydrogen (secondary N) is 1. The molecule has 0 aliphatic rings. The van der Waals surface area contributed by atoms with Gasteiger partial charge in [0.15, 0.2) is 0 Å². The highest BCUT2D eigenvalue weighted by molar-refractivity contribution is 5.33. The van der Waals surface area contributed by atoms with Crippen LogP contribution in [0.3, 0.4) is 0 Å². The van der Waals surface area contributed by atoms with Gasteiger partial charge in [-0.2, -0.15) is 0 Å². The van der Waals surface area contributed by atoms with Crippen LogP contribution in [0.1, 0.15) is 25.8 Å². The first-order valence-electron chi connectivity index (χ1n) is 5.80. The number of ether oxygens (including phenoxy) is 1. The number of benzene rings is 1. The zero-order valence-electron chi connectivity index (χ0n) is 9.75. The maximum absolute atomic E-state index is 5.71. The molecule has 1 rings (SSSR count). The van der Waals surface area contributed by atoms with Crippen LogP contribution in [-0.2, 0) is 6.42 Å². The smallest absolute Gasteiger partial charge is 0.122 e. The molecule has 0 atom stereocenters. The van der Waals surface area contributed by atoms with Gasteiger partial charge >= 0.3 is 0 Å². The van der Waals surface area contributed by atoms with Crippen LogP contribution in [0.2, 0.25) is 0 Å². The van der Waals surface area contributed by atoms with Gasteiger partial charge in [-0.05, 0) is 31.0 Å². The average Bonchev–Trinajstić information content (AvgIpc) is 2.29. The Morgan fingerprint density at radius 3 is 2.67 bits per heavy atom. The third-order valence-corrected chi connectivity index (χ3v) is 2.32. The number of hydrogen-bond donors (Lipinski definition) is 1. The third-order valence-electron chi connectivity index (χ3n) is 2.32. The van der Waals surface area contributed by atoms with Crippen LogP contribution >= 0.6 is 0 Å². The van der Waals surface area contributed by atoms with Crippen molar-refractivity contribution in [1.29, 1.82) is 0 Å². The molecule has 1 aromatic rings. The summed E-state index contributed by atoms with van der Waals surface area (Å²) < 4.78 is 5.71. The van der Waals surface area contributed by atoms with E-state index in [1.807, 2.05) is 12.1 Å². The second-order valence-electron chi connectivity index (χ2n) is 3.56. The molecule has 0 saturated heterocycles. The molecule has 0 aliphatic carbocycles. The van der Waals surface area contributed by atoms with E-state index in [1.165, 1.54) is 12.0 Å². The van der Waals surface area contributed by atoms with Gasteiger partial charge in [-0.3, -0.25) is 0 Å². The Morgan fingerprint density at radius 2 is 1.93 bits per heavy atom. The summed E-state index contributed by atoms with van der Waals surface area (Å²) in [4.78, 5) is 0. The summed E-state index contributed by atoms with van der Waals surface area (Å²) in [6.07, 6.45) is 2.20. The fraction of sp³-hybridized carbons (Fsp3) is 0.538. The van der Waals surface area contributed by atoms with Crippen molar-refractivity contribution in [2.24, 2.45) is 0 Å². The number of para-hydroxylation sites is 1. The Bertz CT molecular complexity index is 273. The lowest BCUT2D eigenvalue weighted by atomic mass is 10.1. The van der Waals surface area contributed by atoms with E-state index in [2.05, 4.69) is 31.3 Å². The van der Waals surface area contributed by atoms with Gasteiger partial charge in [0.05, 0.1) is 0 Å². The van der Waals surface area contributed by atoms with Crippen molar-refractivity contribution in [1.82, 2.24) is 5.32 Å². The fourth-order valence-electron chi connectivity index (χ4n) is 1.47. The summed E-state index contributed by atoms with van der Waals surface area (Å²) >= 11 is 0. The maximum atomic E-state index is 5.71. The number of aryl methyl sites for hydroxylation is 1. The van der Waals surface area contributed by atoms with E-state index in [0.29, 0.717) is 0 Å². The molecule has 2 heteroatoms. The van der Waals surface area contributed by atoms with E-state index in [1.54, 1.807) is 0 Å². The van der Waals surface area contributed by atoms with Gasteiger partial charge < -0.3 is 10.1 Å². The van der Waals surface area contributed by atoms with E-state index in [0.717, 1.165) is 31.9 Å². The Labute approximate surface area is 92.6 Å². The fourth-order valence-corrected chi connectivity index (χ4v) is 1.47. The molecule has 15 heavy (non-hydrogen) atoms. The van der Waals surface area contributed by atoms with Gasteiger partial charge in [-0.25, -0.2) is 0 Å². The van der Waals surface area contributed by atoms with Gasteiger partial charge in [-0.15, -0.1) is 0 Å². The van der Waals surface area contributed by atoms with Crippen LogP contribution < -0.4 is 10.1 Å². The van der Waals surface area contributed by atoms with Crippen LogP contribution in [0.25, 0.3) is 0 Å². The van der Waals surface area contributed by atoms with E-state index in [9.17, 15) is 0 Å². The van der Waals surface area contributed by atoms with Crippen molar-refractivity contribution in [3.8, 4) is 5.75 Å². The Morgan fingerprint density at radius 1 is 1.13 bits per heavy atom. The van der Waals surface area contributed by atoms with Gasteiger partial charge in [0.25, 0.3) is 0 Å².